The maximum absolute atomic E-state index is 5.92. The van der Waals surface area contributed by atoms with Crippen molar-refractivity contribution in [2.24, 2.45) is 5.92 Å². The minimum atomic E-state index is 0.351. The molecule has 3 rings (SSSR count). The zero-order valence-electron chi connectivity index (χ0n) is 17.6. The fourth-order valence-electron chi connectivity index (χ4n) is 4.33. The molecular weight excluding hydrogens is 344 g/mol. The largest absolute Gasteiger partial charge is 0.380 e. The molecule has 0 spiro atoms. The molecule has 2 atom stereocenters. The van der Waals surface area contributed by atoms with E-state index in [1.54, 1.807) is 0 Å². The Labute approximate surface area is 171 Å². The molecule has 1 heterocycles. The first-order valence-electron chi connectivity index (χ1n) is 10.9. The van der Waals surface area contributed by atoms with Gasteiger partial charge in [0.1, 0.15) is 0 Å². The summed E-state index contributed by atoms with van der Waals surface area (Å²) >= 11 is 0. The molecule has 0 bridgehead atoms. The summed E-state index contributed by atoms with van der Waals surface area (Å²) in [6.45, 7) is 6.82. The van der Waals surface area contributed by atoms with Gasteiger partial charge < -0.3 is 14.5 Å². The van der Waals surface area contributed by atoms with Crippen LogP contribution < -0.4 is 4.90 Å². The summed E-state index contributed by atoms with van der Waals surface area (Å²) < 4.78 is 5.92. The summed E-state index contributed by atoms with van der Waals surface area (Å²) in [6.07, 6.45) is 6.68. The van der Waals surface area contributed by atoms with Crippen molar-refractivity contribution in [2.75, 3.05) is 38.2 Å². The van der Waals surface area contributed by atoms with Crippen LogP contribution in [0.4, 0.5) is 11.4 Å². The van der Waals surface area contributed by atoms with Crippen LogP contribution in [-0.4, -0.2) is 44.3 Å². The third kappa shape index (κ3) is 5.83. The Balaban J connectivity index is 1.61. The van der Waals surface area contributed by atoms with Crippen LogP contribution in [0.1, 0.15) is 39.0 Å². The molecule has 152 valence electrons. The Hall–Kier alpha value is -1.84. The number of likely N-dealkylation sites (tertiary alicyclic amines) is 1. The van der Waals surface area contributed by atoms with E-state index in [1.807, 2.05) is 7.11 Å². The maximum atomic E-state index is 5.92. The summed E-state index contributed by atoms with van der Waals surface area (Å²) in [4.78, 5) is 5.05. The van der Waals surface area contributed by atoms with Crippen LogP contribution in [0.3, 0.4) is 0 Å². The van der Waals surface area contributed by atoms with Gasteiger partial charge in [0.2, 0.25) is 0 Å². The van der Waals surface area contributed by atoms with E-state index < -0.39 is 0 Å². The van der Waals surface area contributed by atoms with Crippen LogP contribution in [0.25, 0.3) is 0 Å². The summed E-state index contributed by atoms with van der Waals surface area (Å²) in [5.74, 6) is 0.627. The third-order valence-corrected chi connectivity index (χ3v) is 6.02. The molecule has 0 N–H and O–H groups in total. The fourth-order valence-corrected chi connectivity index (χ4v) is 4.33. The minimum absolute atomic E-state index is 0.351. The predicted molar refractivity (Wildman–Crippen MR) is 119 cm³/mol. The monoisotopic (exact) mass is 380 g/mol. The minimum Gasteiger partial charge on any atom is -0.380 e. The van der Waals surface area contributed by atoms with Crippen molar-refractivity contribution < 1.29 is 4.74 Å². The second-order valence-corrected chi connectivity index (χ2v) is 7.94. The zero-order valence-corrected chi connectivity index (χ0v) is 17.6. The van der Waals surface area contributed by atoms with Gasteiger partial charge in [-0.2, -0.15) is 0 Å². The van der Waals surface area contributed by atoms with Gasteiger partial charge in [-0.25, -0.2) is 0 Å². The summed E-state index contributed by atoms with van der Waals surface area (Å²) in [7, 11) is 1.89. The van der Waals surface area contributed by atoms with E-state index in [2.05, 4.69) is 77.4 Å². The quantitative estimate of drug-likeness (QED) is 0.489. The number of para-hydroxylation sites is 2. The first-order chi connectivity index (χ1) is 13.8. The number of benzene rings is 2. The van der Waals surface area contributed by atoms with E-state index in [0.717, 1.165) is 19.5 Å². The standard InChI is InChI=1S/C25H36N2O/c1-3-4-11-18-26-19-16-22(25(21-26)28-2)17-20-27(23-12-7-5-8-13-23)24-14-9-6-10-15-24/h5-10,12-15,22,25H,3-4,11,16-21H2,1-2H3/t22-,25-/m0/s1. The molecule has 0 radical (unpaired) electrons. The van der Waals surface area contributed by atoms with Crippen molar-refractivity contribution in [1.82, 2.24) is 4.90 Å². The average molecular weight is 381 g/mol. The van der Waals surface area contributed by atoms with Crippen LogP contribution in [-0.2, 0) is 4.74 Å². The predicted octanol–water partition coefficient (Wildman–Crippen LogP) is 5.74. The van der Waals surface area contributed by atoms with Crippen LogP contribution in [0, 0.1) is 5.92 Å². The number of anilines is 2. The van der Waals surface area contributed by atoms with Gasteiger partial charge in [0.05, 0.1) is 6.10 Å². The van der Waals surface area contributed by atoms with Gasteiger partial charge >= 0.3 is 0 Å². The van der Waals surface area contributed by atoms with E-state index in [0.29, 0.717) is 12.0 Å². The molecule has 0 aliphatic carbocycles. The molecule has 3 heteroatoms. The first-order valence-corrected chi connectivity index (χ1v) is 10.9. The number of hydrogen-bond acceptors (Lipinski definition) is 3. The molecule has 0 amide bonds. The molecule has 0 aromatic heterocycles. The summed E-state index contributed by atoms with van der Waals surface area (Å²) in [5.41, 5.74) is 2.53. The molecule has 2 aromatic carbocycles. The van der Waals surface area contributed by atoms with Gasteiger partial charge in [-0.15, -0.1) is 0 Å². The highest BCUT2D eigenvalue weighted by atomic mass is 16.5. The van der Waals surface area contributed by atoms with E-state index in [4.69, 9.17) is 4.74 Å². The van der Waals surface area contributed by atoms with Crippen LogP contribution in [0.15, 0.2) is 60.7 Å². The van der Waals surface area contributed by atoms with Crippen LogP contribution in [0.5, 0.6) is 0 Å². The number of hydrogen-bond donors (Lipinski definition) is 0. The lowest BCUT2D eigenvalue weighted by molar-refractivity contribution is -0.0135. The van der Waals surface area contributed by atoms with Gasteiger partial charge in [-0.05, 0) is 62.5 Å². The van der Waals surface area contributed by atoms with E-state index in [9.17, 15) is 0 Å². The van der Waals surface area contributed by atoms with Gasteiger partial charge in [0.15, 0.2) is 0 Å². The average Bonchev–Trinajstić information content (AvgIpc) is 2.76. The Morgan fingerprint density at radius 2 is 1.61 bits per heavy atom. The fraction of sp³-hybridized carbons (Fsp3) is 0.520. The van der Waals surface area contributed by atoms with Gasteiger partial charge in [0, 0.05) is 31.6 Å². The topological polar surface area (TPSA) is 15.7 Å². The number of rotatable bonds is 10. The van der Waals surface area contributed by atoms with Crippen molar-refractivity contribution in [1.29, 1.82) is 0 Å². The van der Waals surface area contributed by atoms with Crippen molar-refractivity contribution in [2.45, 2.75) is 45.1 Å². The van der Waals surface area contributed by atoms with Gasteiger partial charge in [0.25, 0.3) is 0 Å². The molecule has 0 unspecified atom stereocenters. The number of methoxy groups -OCH3 is 1. The number of nitrogens with zero attached hydrogens (tertiary/aromatic N) is 2. The van der Waals surface area contributed by atoms with E-state index >= 15 is 0 Å². The lowest BCUT2D eigenvalue weighted by Crippen LogP contribution is -2.45. The molecule has 1 fully saturated rings. The normalized spacial score (nSPS) is 20.2. The molecule has 1 aliphatic heterocycles. The summed E-state index contributed by atoms with van der Waals surface area (Å²) in [5, 5.41) is 0. The van der Waals surface area contributed by atoms with Gasteiger partial charge in [-0.1, -0.05) is 56.2 Å². The van der Waals surface area contributed by atoms with Crippen molar-refractivity contribution in [3.63, 3.8) is 0 Å². The highest BCUT2D eigenvalue weighted by Crippen LogP contribution is 2.29. The van der Waals surface area contributed by atoms with Crippen molar-refractivity contribution in [3.8, 4) is 0 Å². The number of ether oxygens (including phenoxy) is 1. The van der Waals surface area contributed by atoms with Crippen molar-refractivity contribution >= 4 is 11.4 Å². The molecule has 1 saturated heterocycles. The van der Waals surface area contributed by atoms with Gasteiger partial charge in [-0.3, -0.25) is 0 Å². The highest BCUT2D eigenvalue weighted by Gasteiger charge is 2.29. The highest BCUT2D eigenvalue weighted by molar-refractivity contribution is 5.62. The molecule has 0 saturated carbocycles. The summed E-state index contributed by atoms with van der Waals surface area (Å²) in [6, 6.07) is 21.5. The van der Waals surface area contributed by atoms with Crippen LogP contribution >= 0.6 is 0 Å². The smallest absolute Gasteiger partial charge is 0.0727 e. The molecule has 2 aromatic rings. The second-order valence-electron chi connectivity index (χ2n) is 7.94. The zero-order chi connectivity index (χ0) is 19.6. The molecule has 28 heavy (non-hydrogen) atoms. The molecular formula is C25H36N2O. The Morgan fingerprint density at radius 1 is 0.964 bits per heavy atom. The SMILES string of the molecule is CCCCCN1CC[C@@H](CCN(c2ccccc2)c2ccccc2)[C@@H](OC)C1. The molecule has 1 aliphatic rings. The number of unbranched alkanes of at least 4 members (excludes halogenated alkanes) is 2. The number of piperidine rings is 1. The first kappa shape index (κ1) is 20.9. The van der Waals surface area contributed by atoms with E-state index in [-0.39, 0.29) is 0 Å². The second kappa shape index (κ2) is 11.2. The van der Waals surface area contributed by atoms with Crippen molar-refractivity contribution in [3.05, 3.63) is 60.7 Å². The lowest BCUT2D eigenvalue weighted by atomic mass is 9.90. The lowest BCUT2D eigenvalue weighted by Gasteiger charge is -2.39. The maximum Gasteiger partial charge on any atom is 0.0727 e. The van der Waals surface area contributed by atoms with Crippen LogP contribution in [0.2, 0.25) is 0 Å². The molecule has 3 nitrogen and oxygen atoms in total. The Kier molecular flexibility index (Phi) is 8.38. The Bertz CT molecular complexity index is 621. The third-order valence-electron chi connectivity index (χ3n) is 6.02. The van der Waals surface area contributed by atoms with E-state index in [1.165, 1.54) is 50.1 Å². The Morgan fingerprint density at radius 3 is 2.18 bits per heavy atom.